The maximum atomic E-state index is 4.35. The smallest absolute Gasteiger partial charge is 0.140 e. The summed E-state index contributed by atoms with van der Waals surface area (Å²) < 4.78 is 0. The molecule has 1 N–H and O–H groups in total. The van der Waals surface area contributed by atoms with E-state index in [4.69, 9.17) is 0 Å². The second kappa shape index (κ2) is 4.91. The number of hydrogen-bond acceptors (Lipinski definition) is 2. The van der Waals surface area contributed by atoms with E-state index in [9.17, 15) is 0 Å². The predicted molar refractivity (Wildman–Crippen MR) is 61.7 cm³/mol. The first-order chi connectivity index (χ1) is 7.42. The molecular weight excluding hydrogens is 186 g/mol. The van der Waals surface area contributed by atoms with Crippen molar-refractivity contribution in [3.63, 3.8) is 0 Å². The van der Waals surface area contributed by atoms with Crippen LogP contribution in [0.4, 0.5) is 0 Å². The lowest BCUT2D eigenvalue weighted by Gasteiger charge is -2.01. The highest BCUT2D eigenvalue weighted by Gasteiger charge is 2.03. The molecule has 2 aromatic heterocycles. The molecule has 0 amide bonds. The summed E-state index contributed by atoms with van der Waals surface area (Å²) in [5, 5.41) is 1.17. The highest BCUT2D eigenvalue weighted by molar-refractivity contribution is 5.77. The zero-order chi connectivity index (χ0) is 10.5. The van der Waals surface area contributed by atoms with Gasteiger partial charge in [0.15, 0.2) is 0 Å². The third-order valence-electron chi connectivity index (χ3n) is 2.70. The highest BCUT2D eigenvalue weighted by atomic mass is 14.9. The summed E-state index contributed by atoms with van der Waals surface area (Å²) in [5.41, 5.74) is 2.13. The lowest BCUT2D eigenvalue weighted by Crippen LogP contribution is -1.92. The number of nitrogens with one attached hydrogen (secondary N) is 1. The van der Waals surface area contributed by atoms with Crippen molar-refractivity contribution in [2.45, 2.75) is 39.0 Å². The Morgan fingerprint density at radius 1 is 1.20 bits per heavy atom. The minimum atomic E-state index is 0.954. The van der Waals surface area contributed by atoms with E-state index >= 15 is 0 Å². The second-order valence-electron chi connectivity index (χ2n) is 3.87. The van der Waals surface area contributed by atoms with Crippen LogP contribution in [0, 0.1) is 0 Å². The Kier molecular flexibility index (Phi) is 3.33. The van der Waals surface area contributed by atoms with E-state index < -0.39 is 0 Å². The van der Waals surface area contributed by atoms with Gasteiger partial charge in [0.05, 0.1) is 5.69 Å². The Hall–Kier alpha value is -1.38. The number of aromatic nitrogens is 3. The van der Waals surface area contributed by atoms with Gasteiger partial charge in [-0.25, -0.2) is 9.97 Å². The van der Waals surface area contributed by atoms with Crippen molar-refractivity contribution in [1.29, 1.82) is 0 Å². The Morgan fingerprint density at radius 3 is 3.00 bits per heavy atom. The molecule has 0 aliphatic heterocycles. The molecule has 0 fully saturated rings. The Balaban J connectivity index is 2.04. The van der Waals surface area contributed by atoms with Gasteiger partial charge in [-0.2, -0.15) is 0 Å². The van der Waals surface area contributed by atoms with Crippen molar-refractivity contribution in [1.82, 2.24) is 15.0 Å². The molecule has 80 valence electrons. The fourth-order valence-electron chi connectivity index (χ4n) is 1.84. The standard InChI is InChI=1S/C12H17N3/c1-2-3-4-5-6-11-10-7-8-13-12(10)15-9-14-11/h7-9H,2-6H2,1H3,(H,13,14,15). The van der Waals surface area contributed by atoms with Gasteiger partial charge in [-0.3, -0.25) is 0 Å². The number of aryl methyl sites for hydroxylation is 1. The van der Waals surface area contributed by atoms with E-state index in [-0.39, 0.29) is 0 Å². The monoisotopic (exact) mass is 203 g/mol. The molecule has 3 nitrogen and oxygen atoms in total. The number of unbranched alkanes of at least 4 members (excludes halogenated alkanes) is 3. The summed E-state index contributed by atoms with van der Waals surface area (Å²) in [6.45, 7) is 2.23. The highest BCUT2D eigenvalue weighted by Crippen LogP contribution is 2.15. The van der Waals surface area contributed by atoms with Crippen molar-refractivity contribution in [3.8, 4) is 0 Å². The van der Waals surface area contributed by atoms with E-state index in [1.54, 1.807) is 6.33 Å². The normalized spacial score (nSPS) is 11.0. The SMILES string of the molecule is CCCCCCc1ncnc2[nH]ccc12. The van der Waals surface area contributed by atoms with Crippen LogP contribution in [0.1, 0.15) is 38.3 Å². The number of fused-ring (bicyclic) bond motifs is 1. The molecule has 0 aliphatic carbocycles. The van der Waals surface area contributed by atoms with Crippen LogP contribution in [0.15, 0.2) is 18.6 Å². The third kappa shape index (κ3) is 2.35. The van der Waals surface area contributed by atoms with Crippen molar-refractivity contribution in [2.24, 2.45) is 0 Å². The summed E-state index contributed by atoms with van der Waals surface area (Å²) in [7, 11) is 0. The first kappa shape index (κ1) is 10.1. The van der Waals surface area contributed by atoms with Gasteiger partial charge in [0.1, 0.15) is 12.0 Å². The molecule has 0 bridgehead atoms. The average molecular weight is 203 g/mol. The van der Waals surface area contributed by atoms with E-state index in [0.29, 0.717) is 0 Å². The molecule has 3 heteroatoms. The van der Waals surface area contributed by atoms with E-state index in [1.165, 1.54) is 36.8 Å². The summed E-state index contributed by atoms with van der Waals surface area (Å²) in [6, 6.07) is 2.06. The lowest BCUT2D eigenvalue weighted by atomic mass is 10.1. The molecule has 0 saturated carbocycles. The van der Waals surface area contributed by atoms with Crippen LogP contribution in [0.3, 0.4) is 0 Å². The molecule has 2 heterocycles. The van der Waals surface area contributed by atoms with Crippen LogP contribution >= 0.6 is 0 Å². The molecule has 0 saturated heterocycles. The van der Waals surface area contributed by atoms with Crippen LogP contribution < -0.4 is 0 Å². The summed E-state index contributed by atoms with van der Waals surface area (Å²) in [5.74, 6) is 0. The summed E-state index contributed by atoms with van der Waals surface area (Å²) in [4.78, 5) is 11.6. The summed E-state index contributed by atoms with van der Waals surface area (Å²) >= 11 is 0. The van der Waals surface area contributed by atoms with Gasteiger partial charge in [-0.05, 0) is 18.9 Å². The van der Waals surface area contributed by atoms with E-state index in [1.807, 2.05) is 6.20 Å². The molecule has 0 spiro atoms. The number of nitrogens with zero attached hydrogens (tertiary/aromatic N) is 2. The van der Waals surface area contributed by atoms with Crippen LogP contribution in [-0.2, 0) is 6.42 Å². The number of rotatable bonds is 5. The maximum absolute atomic E-state index is 4.35. The average Bonchev–Trinajstić information content (AvgIpc) is 2.73. The molecule has 0 aliphatic rings. The third-order valence-corrected chi connectivity index (χ3v) is 2.70. The first-order valence-electron chi connectivity index (χ1n) is 5.68. The van der Waals surface area contributed by atoms with Gasteiger partial charge in [0.2, 0.25) is 0 Å². The van der Waals surface area contributed by atoms with Crippen LogP contribution in [0.25, 0.3) is 11.0 Å². The topological polar surface area (TPSA) is 41.6 Å². The van der Waals surface area contributed by atoms with Crippen LogP contribution in [0.5, 0.6) is 0 Å². The Bertz CT molecular complexity index is 419. The predicted octanol–water partition coefficient (Wildman–Crippen LogP) is 3.08. The van der Waals surface area contributed by atoms with E-state index in [0.717, 1.165) is 12.1 Å². The summed E-state index contributed by atoms with van der Waals surface area (Å²) in [6.07, 6.45) is 9.77. The van der Waals surface area contributed by atoms with Crippen molar-refractivity contribution >= 4 is 11.0 Å². The maximum Gasteiger partial charge on any atom is 0.140 e. The molecule has 0 radical (unpaired) electrons. The minimum Gasteiger partial charge on any atom is -0.346 e. The molecular formula is C12H17N3. The number of hydrogen-bond donors (Lipinski definition) is 1. The zero-order valence-electron chi connectivity index (χ0n) is 9.16. The van der Waals surface area contributed by atoms with Gasteiger partial charge in [-0.1, -0.05) is 26.2 Å². The number of aromatic amines is 1. The molecule has 2 aromatic rings. The zero-order valence-corrected chi connectivity index (χ0v) is 9.16. The van der Waals surface area contributed by atoms with Crippen molar-refractivity contribution in [3.05, 3.63) is 24.3 Å². The van der Waals surface area contributed by atoms with Gasteiger partial charge >= 0.3 is 0 Å². The van der Waals surface area contributed by atoms with Gasteiger partial charge < -0.3 is 4.98 Å². The minimum absolute atomic E-state index is 0.954. The molecule has 0 unspecified atom stereocenters. The lowest BCUT2D eigenvalue weighted by molar-refractivity contribution is 0.662. The van der Waals surface area contributed by atoms with Crippen LogP contribution in [0.2, 0.25) is 0 Å². The fraction of sp³-hybridized carbons (Fsp3) is 0.500. The fourth-order valence-corrected chi connectivity index (χ4v) is 1.84. The molecule has 0 atom stereocenters. The van der Waals surface area contributed by atoms with Gasteiger partial charge in [0.25, 0.3) is 0 Å². The van der Waals surface area contributed by atoms with Gasteiger partial charge in [0, 0.05) is 11.6 Å². The van der Waals surface area contributed by atoms with Crippen LogP contribution in [-0.4, -0.2) is 15.0 Å². The first-order valence-corrected chi connectivity index (χ1v) is 5.68. The molecule has 2 rings (SSSR count). The van der Waals surface area contributed by atoms with E-state index in [2.05, 4.69) is 27.9 Å². The van der Waals surface area contributed by atoms with Crippen molar-refractivity contribution in [2.75, 3.05) is 0 Å². The van der Waals surface area contributed by atoms with Gasteiger partial charge in [-0.15, -0.1) is 0 Å². The Morgan fingerprint density at radius 2 is 2.13 bits per heavy atom. The molecule has 0 aromatic carbocycles. The largest absolute Gasteiger partial charge is 0.346 e. The Labute approximate surface area is 90.0 Å². The number of H-pyrrole nitrogens is 1. The second-order valence-corrected chi connectivity index (χ2v) is 3.87. The quantitative estimate of drug-likeness (QED) is 0.759. The van der Waals surface area contributed by atoms with Crippen molar-refractivity contribution < 1.29 is 0 Å². The molecule has 15 heavy (non-hydrogen) atoms.